The molecule has 21 heavy (non-hydrogen) atoms. The van der Waals surface area contributed by atoms with Gasteiger partial charge in [0.1, 0.15) is 11.5 Å². The molecule has 0 spiro atoms. The van der Waals surface area contributed by atoms with Gasteiger partial charge in [-0.25, -0.2) is 4.39 Å². The fourth-order valence-electron chi connectivity index (χ4n) is 2.28. The van der Waals surface area contributed by atoms with Gasteiger partial charge in [-0.2, -0.15) is 0 Å². The number of aromatic nitrogens is 1. The van der Waals surface area contributed by atoms with Crippen LogP contribution < -0.4 is 5.73 Å². The first kappa shape index (κ1) is 13.6. The van der Waals surface area contributed by atoms with Crippen molar-refractivity contribution < 1.29 is 8.91 Å². The van der Waals surface area contributed by atoms with Crippen molar-refractivity contribution in [2.24, 2.45) is 0 Å². The van der Waals surface area contributed by atoms with E-state index in [0.717, 1.165) is 11.1 Å². The van der Waals surface area contributed by atoms with Crippen molar-refractivity contribution in [3.8, 4) is 22.4 Å². The molecule has 0 saturated heterocycles. The largest absolute Gasteiger partial charge is 0.367 e. The minimum Gasteiger partial charge on any atom is -0.367 e. The van der Waals surface area contributed by atoms with Crippen LogP contribution in [0.5, 0.6) is 0 Å². The van der Waals surface area contributed by atoms with E-state index in [1.807, 2.05) is 31.2 Å². The van der Waals surface area contributed by atoms with Gasteiger partial charge in [-0.1, -0.05) is 41.0 Å². The fraction of sp³-hybridized carbons (Fsp3) is 0.0625. The van der Waals surface area contributed by atoms with Gasteiger partial charge < -0.3 is 10.3 Å². The van der Waals surface area contributed by atoms with Crippen molar-refractivity contribution in [1.82, 2.24) is 5.16 Å². The normalized spacial score (nSPS) is 10.8. The Hall–Kier alpha value is -2.33. The summed E-state index contributed by atoms with van der Waals surface area (Å²) in [4.78, 5) is 0. The van der Waals surface area contributed by atoms with Crippen molar-refractivity contribution >= 4 is 17.5 Å². The molecule has 3 rings (SSSR count). The zero-order valence-corrected chi connectivity index (χ0v) is 12.0. The highest BCUT2D eigenvalue weighted by Crippen LogP contribution is 2.40. The van der Waals surface area contributed by atoms with E-state index in [-0.39, 0.29) is 10.9 Å². The Balaban J connectivity index is 2.25. The molecule has 2 aromatic carbocycles. The molecule has 5 heteroatoms. The van der Waals surface area contributed by atoms with Crippen molar-refractivity contribution in [1.29, 1.82) is 0 Å². The Bertz CT molecular complexity index is 814. The van der Waals surface area contributed by atoms with Gasteiger partial charge in [-0.3, -0.25) is 0 Å². The van der Waals surface area contributed by atoms with Gasteiger partial charge in [-0.05, 0) is 36.2 Å². The van der Waals surface area contributed by atoms with Crippen molar-refractivity contribution in [2.75, 3.05) is 5.73 Å². The number of aryl methyl sites for hydroxylation is 1. The maximum atomic E-state index is 13.2. The molecule has 1 aromatic heterocycles. The molecule has 0 unspecified atom stereocenters. The Kier molecular flexibility index (Phi) is 3.39. The summed E-state index contributed by atoms with van der Waals surface area (Å²) in [6.07, 6.45) is 0. The van der Waals surface area contributed by atoms with Crippen LogP contribution in [-0.2, 0) is 0 Å². The third-order valence-electron chi connectivity index (χ3n) is 3.32. The van der Waals surface area contributed by atoms with Gasteiger partial charge in [0.05, 0.1) is 10.6 Å². The second-order valence-electron chi connectivity index (χ2n) is 4.71. The minimum absolute atomic E-state index is 0.208. The van der Waals surface area contributed by atoms with E-state index in [2.05, 4.69) is 5.16 Å². The number of halogens is 2. The first-order chi connectivity index (χ1) is 10.1. The van der Waals surface area contributed by atoms with Gasteiger partial charge >= 0.3 is 0 Å². The number of rotatable bonds is 2. The average Bonchev–Trinajstić information content (AvgIpc) is 2.81. The third kappa shape index (κ3) is 2.38. The molecule has 0 fully saturated rings. The molecule has 0 aliphatic heterocycles. The van der Waals surface area contributed by atoms with Crippen LogP contribution in [0.1, 0.15) is 5.56 Å². The topological polar surface area (TPSA) is 52.0 Å². The van der Waals surface area contributed by atoms with Crippen LogP contribution in [0.2, 0.25) is 5.02 Å². The lowest BCUT2D eigenvalue weighted by Gasteiger charge is -2.07. The van der Waals surface area contributed by atoms with Crippen LogP contribution in [0.15, 0.2) is 47.0 Å². The van der Waals surface area contributed by atoms with Gasteiger partial charge in [0.15, 0.2) is 0 Å². The molecule has 3 nitrogen and oxygen atoms in total. The maximum absolute atomic E-state index is 13.2. The summed E-state index contributed by atoms with van der Waals surface area (Å²) < 4.78 is 18.3. The van der Waals surface area contributed by atoms with E-state index in [9.17, 15) is 4.39 Å². The van der Waals surface area contributed by atoms with E-state index in [1.165, 1.54) is 12.1 Å². The van der Waals surface area contributed by atoms with Crippen LogP contribution in [-0.4, -0.2) is 5.16 Å². The molecule has 0 bridgehead atoms. The SMILES string of the molecule is Cc1ccccc1-c1c(-c2ccc(F)cc2Cl)noc1N. The van der Waals surface area contributed by atoms with Crippen LogP contribution in [0, 0.1) is 12.7 Å². The van der Waals surface area contributed by atoms with E-state index in [4.69, 9.17) is 21.9 Å². The monoisotopic (exact) mass is 302 g/mol. The molecule has 0 radical (unpaired) electrons. The van der Waals surface area contributed by atoms with Crippen molar-refractivity contribution in [3.05, 3.63) is 58.9 Å². The molecule has 0 atom stereocenters. The summed E-state index contributed by atoms with van der Waals surface area (Å²) in [6, 6.07) is 11.9. The van der Waals surface area contributed by atoms with Gasteiger partial charge in [-0.15, -0.1) is 0 Å². The summed E-state index contributed by atoms with van der Waals surface area (Å²) in [7, 11) is 0. The number of nitrogens with two attached hydrogens (primary N) is 1. The molecule has 0 aliphatic rings. The highest BCUT2D eigenvalue weighted by Gasteiger charge is 2.20. The number of benzene rings is 2. The molecule has 0 amide bonds. The smallest absolute Gasteiger partial charge is 0.230 e. The molecule has 0 saturated carbocycles. The summed E-state index contributed by atoms with van der Waals surface area (Å²) in [5.74, 6) is -0.197. The highest BCUT2D eigenvalue weighted by atomic mass is 35.5. The molecule has 1 heterocycles. The first-order valence-electron chi connectivity index (χ1n) is 6.34. The number of nitrogen functional groups attached to an aromatic ring is 1. The number of hydrogen-bond acceptors (Lipinski definition) is 3. The zero-order chi connectivity index (χ0) is 15.0. The quantitative estimate of drug-likeness (QED) is 0.747. The molecule has 0 aliphatic carbocycles. The van der Waals surface area contributed by atoms with E-state index < -0.39 is 5.82 Å². The second-order valence-corrected chi connectivity index (χ2v) is 5.12. The lowest BCUT2D eigenvalue weighted by molar-refractivity contribution is 0.439. The Labute approximate surface area is 126 Å². The molecular weight excluding hydrogens is 291 g/mol. The van der Waals surface area contributed by atoms with Crippen LogP contribution in [0.4, 0.5) is 10.3 Å². The number of nitrogens with zero attached hydrogens (tertiary/aromatic N) is 1. The second kappa shape index (κ2) is 5.22. The highest BCUT2D eigenvalue weighted by molar-refractivity contribution is 6.33. The van der Waals surface area contributed by atoms with Crippen LogP contribution >= 0.6 is 11.6 Å². The lowest BCUT2D eigenvalue weighted by atomic mass is 9.97. The molecule has 3 aromatic rings. The standard InChI is InChI=1S/C16H12ClFN2O/c1-9-4-2-3-5-11(9)14-15(20-21-16(14)19)12-7-6-10(18)8-13(12)17/h2-8H,19H2,1H3. The number of hydrogen-bond donors (Lipinski definition) is 1. The fourth-order valence-corrected chi connectivity index (χ4v) is 2.54. The molecule has 106 valence electrons. The van der Waals surface area contributed by atoms with Gasteiger partial charge in [0, 0.05) is 5.56 Å². The average molecular weight is 303 g/mol. The predicted octanol–water partition coefficient (Wildman–Crippen LogP) is 4.69. The molecular formula is C16H12ClFN2O. The van der Waals surface area contributed by atoms with Gasteiger partial charge in [0.2, 0.25) is 5.88 Å². The van der Waals surface area contributed by atoms with Crippen molar-refractivity contribution in [2.45, 2.75) is 6.92 Å². The van der Waals surface area contributed by atoms with Crippen LogP contribution in [0.25, 0.3) is 22.4 Å². The lowest BCUT2D eigenvalue weighted by Crippen LogP contribution is -1.91. The first-order valence-corrected chi connectivity index (χ1v) is 6.72. The van der Waals surface area contributed by atoms with E-state index in [1.54, 1.807) is 6.07 Å². The number of anilines is 1. The minimum atomic E-state index is -0.405. The van der Waals surface area contributed by atoms with Gasteiger partial charge in [0.25, 0.3) is 0 Å². The Morgan fingerprint density at radius 3 is 2.62 bits per heavy atom. The Morgan fingerprint density at radius 2 is 1.90 bits per heavy atom. The zero-order valence-electron chi connectivity index (χ0n) is 11.2. The summed E-state index contributed by atoms with van der Waals surface area (Å²) in [5, 5.41) is 4.25. The Morgan fingerprint density at radius 1 is 1.14 bits per heavy atom. The predicted molar refractivity (Wildman–Crippen MR) is 81.5 cm³/mol. The maximum Gasteiger partial charge on any atom is 0.230 e. The van der Waals surface area contributed by atoms with E-state index in [0.29, 0.717) is 16.8 Å². The summed E-state index contributed by atoms with van der Waals surface area (Å²) in [5.41, 5.74) is 9.61. The third-order valence-corrected chi connectivity index (χ3v) is 3.63. The van der Waals surface area contributed by atoms with Crippen molar-refractivity contribution in [3.63, 3.8) is 0 Å². The molecule has 2 N–H and O–H groups in total. The summed E-state index contributed by atoms with van der Waals surface area (Å²) in [6.45, 7) is 1.97. The van der Waals surface area contributed by atoms with E-state index >= 15 is 0 Å². The van der Waals surface area contributed by atoms with Crippen LogP contribution in [0.3, 0.4) is 0 Å². The summed E-state index contributed by atoms with van der Waals surface area (Å²) >= 11 is 6.11.